The lowest BCUT2D eigenvalue weighted by Gasteiger charge is -2.01. The molecule has 1 aromatic carbocycles. The fraction of sp³-hybridized carbons (Fsp3) is 0.222. The Kier molecular flexibility index (Phi) is 3.78. The van der Waals surface area contributed by atoms with Gasteiger partial charge in [0, 0.05) is 28.9 Å². The predicted octanol–water partition coefficient (Wildman–Crippen LogP) is 2.89. The van der Waals surface area contributed by atoms with Gasteiger partial charge in [-0.25, -0.2) is 0 Å². The lowest BCUT2D eigenvalue weighted by molar-refractivity contribution is -0.136. The number of hydrogen-bond donors (Lipinski definition) is 3. The van der Waals surface area contributed by atoms with Gasteiger partial charge in [-0.05, 0) is 43.5 Å². The van der Waals surface area contributed by atoms with Crippen LogP contribution in [0.5, 0.6) is 0 Å². The Hall–Kier alpha value is -2.82. The maximum absolute atomic E-state index is 12.0. The van der Waals surface area contributed by atoms with Crippen LogP contribution in [0, 0.1) is 13.8 Å². The number of aryl methyl sites for hydroxylation is 1. The molecule has 1 amide bonds. The topological polar surface area (TPSA) is 82.2 Å². The molecule has 0 spiro atoms. The normalized spacial score (nSPS) is 14.9. The van der Waals surface area contributed by atoms with Crippen molar-refractivity contribution < 1.29 is 14.7 Å². The molecule has 1 aromatic heterocycles. The van der Waals surface area contributed by atoms with Gasteiger partial charge in [0.1, 0.15) is 0 Å². The van der Waals surface area contributed by atoms with E-state index in [1.54, 1.807) is 6.07 Å². The van der Waals surface area contributed by atoms with Crippen molar-refractivity contribution in [1.82, 2.24) is 10.3 Å². The highest BCUT2D eigenvalue weighted by Gasteiger charge is 2.23. The average Bonchev–Trinajstić information content (AvgIpc) is 2.96. The van der Waals surface area contributed by atoms with E-state index in [-0.39, 0.29) is 12.3 Å². The second-order valence-corrected chi connectivity index (χ2v) is 5.72. The van der Waals surface area contributed by atoms with Crippen molar-refractivity contribution in [3.05, 3.63) is 57.9 Å². The van der Waals surface area contributed by atoms with Crippen molar-refractivity contribution in [2.45, 2.75) is 26.7 Å². The maximum Gasteiger partial charge on any atom is 0.303 e. The SMILES string of the molecule is Cc1[nH]c(/C=C2\NC(=O)c3ccccc32)c(C)c1CCC(=O)O. The number of amides is 1. The molecule has 2 aromatic rings. The molecule has 0 aliphatic carbocycles. The van der Waals surface area contributed by atoms with Crippen LogP contribution in [0.15, 0.2) is 24.3 Å². The van der Waals surface area contributed by atoms with Crippen molar-refractivity contribution in [3.63, 3.8) is 0 Å². The van der Waals surface area contributed by atoms with Crippen LogP contribution in [0.25, 0.3) is 11.8 Å². The summed E-state index contributed by atoms with van der Waals surface area (Å²) in [7, 11) is 0. The van der Waals surface area contributed by atoms with E-state index in [2.05, 4.69) is 10.3 Å². The van der Waals surface area contributed by atoms with E-state index in [1.165, 1.54) is 0 Å². The van der Waals surface area contributed by atoms with Gasteiger partial charge in [-0.2, -0.15) is 0 Å². The van der Waals surface area contributed by atoms with E-state index in [4.69, 9.17) is 5.11 Å². The lowest BCUT2D eigenvalue weighted by atomic mass is 10.0. The molecule has 3 N–H and O–H groups in total. The highest BCUT2D eigenvalue weighted by Crippen LogP contribution is 2.28. The van der Waals surface area contributed by atoms with Crippen LogP contribution in [0.3, 0.4) is 0 Å². The molecule has 0 saturated heterocycles. The number of aromatic amines is 1. The largest absolute Gasteiger partial charge is 0.481 e. The first-order valence-electron chi connectivity index (χ1n) is 7.49. The minimum atomic E-state index is -0.804. The molecular weight excluding hydrogens is 292 g/mol. The van der Waals surface area contributed by atoms with E-state index >= 15 is 0 Å². The number of fused-ring (bicyclic) bond motifs is 1. The van der Waals surface area contributed by atoms with Gasteiger partial charge in [0.2, 0.25) is 0 Å². The van der Waals surface area contributed by atoms with Crippen LogP contribution in [0.1, 0.15) is 44.9 Å². The van der Waals surface area contributed by atoms with Gasteiger partial charge >= 0.3 is 5.97 Å². The number of hydrogen-bond acceptors (Lipinski definition) is 2. The number of rotatable bonds is 4. The highest BCUT2D eigenvalue weighted by molar-refractivity contribution is 6.11. The Bertz CT molecular complexity index is 831. The van der Waals surface area contributed by atoms with Crippen LogP contribution in [-0.4, -0.2) is 22.0 Å². The smallest absolute Gasteiger partial charge is 0.303 e. The molecule has 0 saturated carbocycles. The van der Waals surface area contributed by atoms with E-state index in [9.17, 15) is 9.59 Å². The Morgan fingerprint density at radius 1 is 1.22 bits per heavy atom. The van der Waals surface area contributed by atoms with Crippen LogP contribution in [-0.2, 0) is 11.2 Å². The number of benzene rings is 1. The summed E-state index contributed by atoms with van der Waals surface area (Å²) in [5.41, 5.74) is 6.23. The van der Waals surface area contributed by atoms with Crippen LogP contribution in [0.4, 0.5) is 0 Å². The fourth-order valence-electron chi connectivity index (χ4n) is 3.00. The minimum Gasteiger partial charge on any atom is -0.481 e. The number of nitrogens with one attached hydrogen (secondary N) is 2. The zero-order valence-electron chi connectivity index (χ0n) is 13.1. The van der Waals surface area contributed by atoms with Crippen LogP contribution in [0.2, 0.25) is 0 Å². The van der Waals surface area contributed by atoms with Crippen molar-refractivity contribution in [1.29, 1.82) is 0 Å². The molecule has 5 nitrogen and oxygen atoms in total. The number of carbonyl (C=O) groups is 2. The van der Waals surface area contributed by atoms with Crippen molar-refractivity contribution in [2.24, 2.45) is 0 Å². The summed E-state index contributed by atoms with van der Waals surface area (Å²) < 4.78 is 0. The number of carboxylic acids is 1. The summed E-state index contributed by atoms with van der Waals surface area (Å²) in [6, 6.07) is 7.46. The van der Waals surface area contributed by atoms with E-state index in [1.807, 2.05) is 38.1 Å². The Morgan fingerprint density at radius 2 is 1.91 bits per heavy atom. The predicted molar refractivity (Wildman–Crippen MR) is 88.0 cm³/mol. The Labute approximate surface area is 134 Å². The first-order valence-corrected chi connectivity index (χ1v) is 7.49. The summed E-state index contributed by atoms with van der Waals surface area (Å²) in [6.45, 7) is 3.91. The summed E-state index contributed by atoms with van der Waals surface area (Å²) in [5, 5.41) is 11.7. The maximum atomic E-state index is 12.0. The van der Waals surface area contributed by atoms with E-state index in [0.717, 1.165) is 33.8 Å². The summed E-state index contributed by atoms with van der Waals surface area (Å²) >= 11 is 0. The third-order valence-electron chi connectivity index (χ3n) is 4.22. The third-order valence-corrected chi connectivity index (χ3v) is 4.22. The van der Waals surface area contributed by atoms with Crippen molar-refractivity contribution >= 4 is 23.6 Å². The Morgan fingerprint density at radius 3 is 2.61 bits per heavy atom. The molecule has 1 aliphatic heterocycles. The number of H-pyrrole nitrogens is 1. The van der Waals surface area contributed by atoms with Crippen molar-refractivity contribution in [2.75, 3.05) is 0 Å². The molecular formula is C18H18N2O3. The molecule has 0 unspecified atom stereocenters. The quantitative estimate of drug-likeness (QED) is 0.812. The molecule has 0 bridgehead atoms. The number of carboxylic acid groups (broad SMARTS) is 1. The van der Waals surface area contributed by atoms with Gasteiger partial charge in [0.05, 0.1) is 5.70 Å². The summed E-state index contributed by atoms with van der Waals surface area (Å²) in [6.07, 6.45) is 2.51. The molecule has 118 valence electrons. The monoisotopic (exact) mass is 310 g/mol. The zero-order valence-corrected chi connectivity index (χ0v) is 13.1. The van der Waals surface area contributed by atoms with Crippen molar-refractivity contribution in [3.8, 4) is 0 Å². The first kappa shape index (κ1) is 15.1. The molecule has 5 heteroatoms. The standard InChI is InChI=1S/C18H18N2O3/c1-10-12(7-8-17(21)22)11(2)19-15(10)9-16-13-5-3-4-6-14(13)18(23)20-16/h3-6,9,19H,7-8H2,1-2H3,(H,20,23)(H,21,22)/b16-9-. The fourth-order valence-corrected chi connectivity index (χ4v) is 3.00. The van der Waals surface area contributed by atoms with E-state index < -0.39 is 5.97 Å². The second-order valence-electron chi connectivity index (χ2n) is 5.72. The third kappa shape index (κ3) is 2.77. The first-order chi connectivity index (χ1) is 11.0. The summed E-state index contributed by atoms with van der Waals surface area (Å²) in [4.78, 5) is 26.0. The number of aromatic nitrogens is 1. The highest BCUT2D eigenvalue weighted by atomic mass is 16.4. The molecule has 1 aliphatic rings. The molecule has 2 heterocycles. The van der Waals surface area contributed by atoms with Gasteiger partial charge < -0.3 is 15.4 Å². The van der Waals surface area contributed by atoms with Gasteiger partial charge in [-0.15, -0.1) is 0 Å². The zero-order chi connectivity index (χ0) is 16.6. The van der Waals surface area contributed by atoms with Crippen LogP contribution >= 0.6 is 0 Å². The molecule has 0 atom stereocenters. The molecule has 0 fully saturated rings. The minimum absolute atomic E-state index is 0.0983. The van der Waals surface area contributed by atoms with Gasteiger partial charge in [0.25, 0.3) is 5.91 Å². The van der Waals surface area contributed by atoms with Gasteiger partial charge in [-0.1, -0.05) is 18.2 Å². The van der Waals surface area contributed by atoms with Crippen LogP contribution < -0.4 is 5.32 Å². The second kappa shape index (κ2) is 5.76. The molecule has 3 rings (SSSR count). The van der Waals surface area contributed by atoms with E-state index in [0.29, 0.717) is 12.0 Å². The Balaban J connectivity index is 1.97. The average molecular weight is 310 g/mol. The number of aliphatic carboxylic acids is 1. The lowest BCUT2D eigenvalue weighted by Crippen LogP contribution is -2.12. The van der Waals surface area contributed by atoms with Gasteiger partial charge in [0.15, 0.2) is 0 Å². The molecule has 0 radical (unpaired) electrons. The molecule has 23 heavy (non-hydrogen) atoms. The number of carbonyl (C=O) groups excluding carboxylic acids is 1. The van der Waals surface area contributed by atoms with Gasteiger partial charge in [-0.3, -0.25) is 9.59 Å². The summed E-state index contributed by atoms with van der Waals surface area (Å²) in [5.74, 6) is -0.902.